The summed E-state index contributed by atoms with van der Waals surface area (Å²) < 4.78 is 2.02. The van der Waals surface area contributed by atoms with Crippen LogP contribution < -0.4 is 0 Å². The summed E-state index contributed by atoms with van der Waals surface area (Å²) in [5.74, 6) is 0. The Morgan fingerprint density at radius 2 is 2.15 bits per heavy atom. The lowest BCUT2D eigenvalue weighted by Gasteiger charge is -2.45. The van der Waals surface area contributed by atoms with Gasteiger partial charge in [0.2, 0.25) is 0 Å². The van der Waals surface area contributed by atoms with Crippen LogP contribution in [-0.4, -0.2) is 28.5 Å². The van der Waals surface area contributed by atoms with Gasteiger partial charge in [0.25, 0.3) is 0 Å². The van der Waals surface area contributed by atoms with E-state index in [-0.39, 0.29) is 11.5 Å². The molecule has 0 radical (unpaired) electrons. The third-order valence-corrected chi connectivity index (χ3v) is 4.57. The Balaban J connectivity index is 2.08. The SMILES string of the molecule is CN(C)C(c1ccc2c(c1)ncn2C)C1(C#N)CCC1. The maximum absolute atomic E-state index is 9.64. The second-order valence-electron chi connectivity index (χ2n) is 6.09. The molecule has 0 saturated heterocycles. The first-order valence-electron chi connectivity index (χ1n) is 7.06. The predicted molar refractivity (Wildman–Crippen MR) is 79.0 cm³/mol. The Hall–Kier alpha value is -1.86. The average molecular weight is 268 g/mol. The molecule has 0 N–H and O–H groups in total. The van der Waals surface area contributed by atoms with Crippen LogP contribution in [0.25, 0.3) is 11.0 Å². The average Bonchev–Trinajstić information content (AvgIpc) is 2.74. The largest absolute Gasteiger partial charge is 0.334 e. The van der Waals surface area contributed by atoms with Crippen LogP contribution in [0.15, 0.2) is 24.5 Å². The molecule has 1 heterocycles. The van der Waals surface area contributed by atoms with E-state index in [4.69, 9.17) is 0 Å². The summed E-state index contributed by atoms with van der Waals surface area (Å²) in [6, 6.07) is 9.12. The van der Waals surface area contributed by atoms with Gasteiger partial charge in [-0.2, -0.15) is 5.26 Å². The van der Waals surface area contributed by atoms with Crippen molar-refractivity contribution < 1.29 is 0 Å². The molecule has 0 amide bonds. The van der Waals surface area contributed by atoms with Gasteiger partial charge in [0.15, 0.2) is 0 Å². The number of rotatable bonds is 3. The molecule has 1 aliphatic rings. The molecule has 1 fully saturated rings. The molecule has 1 unspecified atom stereocenters. The lowest BCUT2D eigenvalue weighted by Crippen LogP contribution is -2.41. The zero-order chi connectivity index (χ0) is 14.3. The lowest BCUT2D eigenvalue weighted by molar-refractivity contribution is 0.0749. The third kappa shape index (κ3) is 1.82. The minimum absolute atomic E-state index is 0.146. The molecule has 1 saturated carbocycles. The standard InChI is InChI=1S/C16H20N4/c1-19(2)15(16(10-17)7-4-8-16)12-5-6-14-13(9-12)18-11-20(14)3/h5-6,9,11,15H,4,7-8H2,1-3H3. The molecular weight excluding hydrogens is 248 g/mol. The Bertz CT molecular complexity index is 673. The highest BCUT2D eigenvalue weighted by Crippen LogP contribution is 2.51. The fourth-order valence-electron chi connectivity index (χ4n) is 3.44. The van der Waals surface area contributed by atoms with Crippen molar-refractivity contribution in [3.05, 3.63) is 30.1 Å². The first-order chi connectivity index (χ1) is 9.57. The number of nitrogens with zero attached hydrogens (tertiary/aromatic N) is 4. The lowest BCUT2D eigenvalue weighted by atomic mass is 9.63. The second kappa shape index (κ2) is 4.60. The summed E-state index contributed by atoms with van der Waals surface area (Å²) in [6.45, 7) is 0. The number of benzene rings is 1. The van der Waals surface area contributed by atoms with E-state index in [9.17, 15) is 5.26 Å². The summed E-state index contributed by atoms with van der Waals surface area (Å²) in [5, 5.41) is 9.64. The minimum Gasteiger partial charge on any atom is -0.334 e. The van der Waals surface area contributed by atoms with Crippen LogP contribution in [0.1, 0.15) is 30.9 Å². The van der Waals surface area contributed by atoms with Crippen molar-refractivity contribution in [2.75, 3.05) is 14.1 Å². The van der Waals surface area contributed by atoms with Gasteiger partial charge >= 0.3 is 0 Å². The molecule has 20 heavy (non-hydrogen) atoms. The molecule has 0 spiro atoms. The zero-order valence-electron chi connectivity index (χ0n) is 12.3. The molecule has 1 aromatic heterocycles. The molecule has 3 rings (SSSR count). The number of hydrogen-bond donors (Lipinski definition) is 0. The van der Waals surface area contributed by atoms with Gasteiger partial charge in [-0.05, 0) is 44.6 Å². The highest BCUT2D eigenvalue weighted by Gasteiger charge is 2.46. The van der Waals surface area contributed by atoms with Crippen molar-refractivity contribution in [2.24, 2.45) is 12.5 Å². The smallest absolute Gasteiger partial charge is 0.0955 e. The normalized spacial score (nSPS) is 18.8. The summed E-state index contributed by atoms with van der Waals surface area (Å²) >= 11 is 0. The van der Waals surface area contributed by atoms with Gasteiger partial charge in [-0.15, -0.1) is 0 Å². The van der Waals surface area contributed by atoms with E-state index in [2.05, 4.69) is 48.2 Å². The topological polar surface area (TPSA) is 44.9 Å². The van der Waals surface area contributed by atoms with Gasteiger partial charge in [0.1, 0.15) is 0 Å². The quantitative estimate of drug-likeness (QED) is 0.859. The highest BCUT2D eigenvalue weighted by molar-refractivity contribution is 5.76. The van der Waals surface area contributed by atoms with E-state index >= 15 is 0 Å². The minimum atomic E-state index is -0.230. The van der Waals surface area contributed by atoms with E-state index in [1.165, 1.54) is 5.56 Å². The van der Waals surface area contributed by atoms with Crippen LogP contribution in [0.4, 0.5) is 0 Å². The molecular formula is C16H20N4. The fraction of sp³-hybridized carbons (Fsp3) is 0.500. The number of aryl methyl sites for hydroxylation is 1. The van der Waals surface area contributed by atoms with Crippen LogP contribution in [0.3, 0.4) is 0 Å². The van der Waals surface area contributed by atoms with Crippen molar-refractivity contribution >= 4 is 11.0 Å². The van der Waals surface area contributed by atoms with Gasteiger partial charge in [0, 0.05) is 7.05 Å². The molecule has 0 bridgehead atoms. The Morgan fingerprint density at radius 1 is 1.40 bits per heavy atom. The molecule has 4 nitrogen and oxygen atoms in total. The maximum atomic E-state index is 9.64. The first kappa shape index (κ1) is 13.1. The van der Waals surface area contributed by atoms with Gasteiger partial charge in [-0.1, -0.05) is 12.5 Å². The van der Waals surface area contributed by atoms with Crippen molar-refractivity contribution in [3.63, 3.8) is 0 Å². The van der Waals surface area contributed by atoms with Gasteiger partial charge in [0.05, 0.1) is 34.9 Å². The molecule has 104 valence electrons. The van der Waals surface area contributed by atoms with Gasteiger partial charge < -0.3 is 9.47 Å². The monoisotopic (exact) mass is 268 g/mol. The van der Waals surface area contributed by atoms with E-state index in [0.717, 1.165) is 30.3 Å². The van der Waals surface area contributed by atoms with Crippen molar-refractivity contribution in [1.29, 1.82) is 5.26 Å². The summed E-state index contributed by atoms with van der Waals surface area (Å²) in [4.78, 5) is 6.61. The summed E-state index contributed by atoms with van der Waals surface area (Å²) in [5.41, 5.74) is 3.10. The zero-order valence-corrected chi connectivity index (χ0v) is 12.3. The van der Waals surface area contributed by atoms with Crippen molar-refractivity contribution in [3.8, 4) is 6.07 Å². The van der Waals surface area contributed by atoms with E-state index in [1.54, 1.807) is 0 Å². The fourth-order valence-corrected chi connectivity index (χ4v) is 3.44. The molecule has 1 atom stereocenters. The third-order valence-electron chi connectivity index (χ3n) is 4.57. The molecule has 0 aliphatic heterocycles. The number of nitriles is 1. The Morgan fingerprint density at radius 3 is 2.70 bits per heavy atom. The van der Waals surface area contributed by atoms with Crippen LogP contribution in [0.5, 0.6) is 0 Å². The Kier molecular flexibility index (Phi) is 3.02. The van der Waals surface area contributed by atoms with Gasteiger partial charge in [-0.3, -0.25) is 0 Å². The maximum Gasteiger partial charge on any atom is 0.0955 e. The van der Waals surface area contributed by atoms with Gasteiger partial charge in [-0.25, -0.2) is 4.98 Å². The van der Waals surface area contributed by atoms with Crippen LogP contribution in [0, 0.1) is 16.7 Å². The van der Waals surface area contributed by atoms with E-state index < -0.39 is 0 Å². The number of imidazole rings is 1. The van der Waals surface area contributed by atoms with Crippen LogP contribution >= 0.6 is 0 Å². The Labute approximate surface area is 119 Å². The number of aromatic nitrogens is 2. The van der Waals surface area contributed by atoms with E-state index in [1.807, 2.05) is 17.9 Å². The van der Waals surface area contributed by atoms with Crippen molar-refractivity contribution in [1.82, 2.24) is 14.5 Å². The molecule has 2 aromatic rings. The molecule has 1 aromatic carbocycles. The molecule has 1 aliphatic carbocycles. The van der Waals surface area contributed by atoms with Crippen molar-refractivity contribution in [2.45, 2.75) is 25.3 Å². The highest BCUT2D eigenvalue weighted by atomic mass is 15.1. The summed E-state index contributed by atoms with van der Waals surface area (Å²) in [6.07, 6.45) is 4.98. The second-order valence-corrected chi connectivity index (χ2v) is 6.09. The predicted octanol–water partition coefficient (Wildman–Crippen LogP) is 2.87. The van der Waals surface area contributed by atoms with E-state index in [0.29, 0.717) is 0 Å². The number of fused-ring (bicyclic) bond motifs is 1. The first-order valence-corrected chi connectivity index (χ1v) is 7.06. The van der Waals surface area contributed by atoms with Crippen LogP contribution in [-0.2, 0) is 7.05 Å². The summed E-state index contributed by atoms with van der Waals surface area (Å²) in [7, 11) is 6.12. The number of hydrogen-bond acceptors (Lipinski definition) is 3. The van der Waals surface area contributed by atoms with Crippen LogP contribution in [0.2, 0.25) is 0 Å². The molecule has 4 heteroatoms.